The number of hydrogen-bond acceptors (Lipinski definition) is 4. The molecule has 7 heteroatoms. The first-order valence-corrected chi connectivity index (χ1v) is 13.4. The third-order valence-corrected chi connectivity index (χ3v) is 5.80. The van der Waals surface area contributed by atoms with Crippen LogP contribution in [0.1, 0.15) is 116 Å². The molecule has 0 unspecified atom stereocenters. The van der Waals surface area contributed by atoms with E-state index >= 15 is 0 Å². The Hall–Kier alpha value is 0.756. The number of nitrogens with zero attached hydrogens (tertiary/aromatic N) is 1. The Morgan fingerprint density at radius 3 is 1.60 bits per heavy atom. The van der Waals surface area contributed by atoms with Crippen molar-refractivity contribution in [2.45, 2.75) is 116 Å². The maximum absolute atomic E-state index is 11.4. The Morgan fingerprint density at radius 1 is 0.800 bits per heavy atom. The molecule has 0 aliphatic carbocycles. The minimum Gasteiger partial charge on any atom is -0.859 e. The van der Waals surface area contributed by atoms with E-state index in [0.717, 1.165) is 12.8 Å². The van der Waals surface area contributed by atoms with Crippen molar-refractivity contribution in [3.05, 3.63) is 12.2 Å². The predicted molar refractivity (Wildman–Crippen MR) is 122 cm³/mol. The van der Waals surface area contributed by atoms with Crippen LogP contribution in [0.3, 0.4) is 0 Å². The van der Waals surface area contributed by atoms with E-state index in [1.807, 2.05) is 0 Å². The molecule has 1 N–H and O–H groups in total. The van der Waals surface area contributed by atoms with Gasteiger partial charge < -0.3 is 5.11 Å². The number of rotatable bonds is 21. The molecule has 30 heavy (non-hydrogen) atoms. The summed E-state index contributed by atoms with van der Waals surface area (Å²) in [5.41, 5.74) is 0. The number of allylic oxidation sites excluding steroid dienone is 1. The number of aliphatic imine (C=N–C) groups is 1. The van der Waals surface area contributed by atoms with Crippen molar-refractivity contribution < 1.29 is 69.5 Å². The van der Waals surface area contributed by atoms with Crippen molar-refractivity contribution in [3.8, 4) is 0 Å². The fourth-order valence-electron chi connectivity index (χ4n) is 3.32. The molecule has 172 valence electrons. The summed E-state index contributed by atoms with van der Waals surface area (Å²) in [6, 6.07) is 0. The maximum Gasteiger partial charge on any atom is 1.00 e. The molecule has 0 bridgehead atoms. The van der Waals surface area contributed by atoms with Gasteiger partial charge in [-0.05, 0) is 18.7 Å². The molecule has 0 aromatic carbocycles. The number of hydrogen-bond donors (Lipinski definition) is 1. The largest absolute Gasteiger partial charge is 1.00 e. The molecule has 0 saturated carbocycles. The second-order valence-electron chi connectivity index (χ2n) is 8.00. The second-order valence-corrected chi connectivity index (χ2v) is 9.57. The standard InChI is InChI=1S/C23H45NO4S.K/c1-2-3-4-5-6-7-8-9-10-11-12-13-14-15-16-17-18-19-20-23(25)24-21-22-29(26,27)28;/h19-20H,2-18,21-22H2,1H3,(H,24,25)(H,26,27,28);/q;+1/p-1/b20-19+;. The SMILES string of the molecule is CCCCCCCCCCCCCCCCCC/C=C/C([O-])=NCCS(=O)(=O)O.[K+]. The van der Waals surface area contributed by atoms with Crippen molar-refractivity contribution in [3.63, 3.8) is 0 Å². The van der Waals surface area contributed by atoms with Crippen LogP contribution in [0, 0.1) is 0 Å². The summed E-state index contributed by atoms with van der Waals surface area (Å²) in [4.78, 5) is 3.56. The molecular weight excluding hydrogens is 425 g/mol. The summed E-state index contributed by atoms with van der Waals surface area (Å²) in [5.74, 6) is -0.948. The van der Waals surface area contributed by atoms with Gasteiger partial charge in [0.15, 0.2) is 0 Å². The van der Waals surface area contributed by atoms with Crippen LogP contribution in [-0.2, 0) is 10.1 Å². The van der Waals surface area contributed by atoms with Crippen LogP contribution in [0.2, 0.25) is 0 Å². The third kappa shape index (κ3) is 28.8. The Kier molecular flexibility index (Phi) is 26.8. The Bertz CT molecular complexity index is 521. The van der Waals surface area contributed by atoms with E-state index in [0.29, 0.717) is 0 Å². The van der Waals surface area contributed by atoms with Crippen LogP contribution in [0.15, 0.2) is 17.1 Å². The molecule has 0 aromatic heterocycles. The fourth-order valence-corrected chi connectivity index (χ4v) is 3.64. The van der Waals surface area contributed by atoms with Gasteiger partial charge in [0, 0.05) is 0 Å². The summed E-state index contributed by atoms with van der Waals surface area (Å²) in [6.45, 7) is 2.07. The van der Waals surface area contributed by atoms with Crippen molar-refractivity contribution in [1.82, 2.24) is 0 Å². The van der Waals surface area contributed by atoms with Gasteiger partial charge >= 0.3 is 51.4 Å². The Morgan fingerprint density at radius 2 is 1.20 bits per heavy atom. The molecular formula is C23H44KNO4S. The zero-order valence-electron chi connectivity index (χ0n) is 19.6. The van der Waals surface area contributed by atoms with Crippen LogP contribution in [0.5, 0.6) is 0 Å². The van der Waals surface area contributed by atoms with Gasteiger partial charge in [-0.25, -0.2) is 0 Å². The van der Waals surface area contributed by atoms with Gasteiger partial charge in [0.1, 0.15) is 0 Å². The molecule has 0 amide bonds. The first-order valence-electron chi connectivity index (χ1n) is 11.8. The maximum atomic E-state index is 11.4. The molecule has 0 atom stereocenters. The summed E-state index contributed by atoms with van der Waals surface area (Å²) in [6.07, 6.45) is 25.5. The molecule has 0 aliphatic rings. The van der Waals surface area contributed by atoms with Gasteiger partial charge in [-0.3, -0.25) is 9.55 Å². The Balaban J connectivity index is 0. The summed E-state index contributed by atoms with van der Waals surface area (Å²) >= 11 is 0. The number of unbranched alkanes of at least 4 members (excludes halogenated alkanes) is 16. The van der Waals surface area contributed by atoms with E-state index in [1.165, 1.54) is 102 Å². The molecule has 0 rings (SSSR count). The third-order valence-electron chi connectivity index (χ3n) is 5.10. The fraction of sp³-hybridized carbons (Fsp3) is 0.870. The van der Waals surface area contributed by atoms with Gasteiger partial charge in [0.05, 0.1) is 12.3 Å². The van der Waals surface area contributed by atoms with E-state index in [1.54, 1.807) is 6.08 Å². The molecule has 0 saturated heterocycles. The van der Waals surface area contributed by atoms with Crippen molar-refractivity contribution in [2.24, 2.45) is 4.99 Å². The van der Waals surface area contributed by atoms with Crippen molar-refractivity contribution in [1.29, 1.82) is 0 Å². The van der Waals surface area contributed by atoms with Crippen LogP contribution in [0.4, 0.5) is 0 Å². The molecule has 0 aromatic rings. The quantitative estimate of drug-likeness (QED) is 0.0920. The van der Waals surface area contributed by atoms with Gasteiger partial charge in [0.25, 0.3) is 10.1 Å². The normalized spacial score (nSPS) is 12.4. The van der Waals surface area contributed by atoms with Crippen molar-refractivity contribution >= 4 is 16.0 Å². The molecule has 0 radical (unpaired) electrons. The van der Waals surface area contributed by atoms with Gasteiger partial charge in [-0.2, -0.15) is 8.42 Å². The topological polar surface area (TPSA) is 89.8 Å². The van der Waals surface area contributed by atoms with E-state index < -0.39 is 21.8 Å². The molecule has 5 nitrogen and oxygen atoms in total. The summed E-state index contributed by atoms with van der Waals surface area (Å²) < 4.78 is 29.6. The molecule has 0 heterocycles. The summed E-state index contributed by atoms with van der Waals surface area (Å²) in [7, 11) is -4.04. The zero-order chi connectivity index (χ0) is 21.6. The zero-order valence-corrected chi connectivity index (χ0v) is 23.6. The van der Waals surface area contributed by atoms with Crippen LogP contribution < -0.4 is 56.5 Å². The van der Waals surface area contributed by atoms with E-state index in [4.69, 9.17) is 4.55 Å². The van der Waals surface area contributed by atoms with Crippen molar-refractivity contribution in [2.75, 3.05) is 12.3 Å². The van der Waals surface area contributed by atoms with Crippen LogP contribution >= 0.6 is 0 Å². The van der Waals surface area contributed by atoms with E-state index in [2.05, 4.69) is 11.9 Å². The first-order chi connectivity index (χ1) is 14.0. The predicted octanol–water partition coefficient (Wildman–Crippen LogP) is 2.84. The van der Waals surface area contributed by atoms with Gasteiger partial charge in [-0.15, -0.1) is 0 Å². The van der Waals surface area contributed by atoms with Crippen LogP contribution in [0.25, 0.3) is 0 Å². The second kappa shape index (κ2) is 24.4. The van der Waals surface area contributed by atoms with Crippen LogP contribution in [-0.4, -0.2) is 31.2 Å². The monoisotopic (exact) mass is 469 g/mol. The summed E-state index contributed by atoms with van der Waals surface area (Å²) in [5, 5.41) is 11.4. The molecule has 0 spiro atoms. The minimum atomic E-state index is -4.04. The average molecular weight is 470 g/mol. The molecule has 0 fully saturated rings. The van der Waals surface area contributed by atoms with Gasteiger partial charge in [-0.1, -0.05) is 115 Å². The minimum absolute atomic E-state index is 0. The van der Waals surface area contributed by atoms with Gasteiger partial charge in [0.2, 0.25) is 0 Å². The van der Waals surface area contributed by atoms with E-state index in [-0.39, 0.29) is 57.9 Å². The van der Waals surface area contributed by atoms with E-state index in [9.17, 15) is 13.5 Å². The molecule has 0 aliphatic heterocycles. The Labute approximate surface area is 228 Å². The smallest absolute Gasteiger partial charge is 0.859 e. The average Bonchev–Trinajstić information content (AvgIpc) is 2.66. The first kappa shape index (κ1) is 32.9.